The summed E-state index contributed by atoms with van der Waals surface area (Å²) in [5.41, 5.74) is 4.23. The topological polar surface area (TPSA) is 36.2 Å². The van der Waals surface area contributed by atoms with Crippen molar-refractivity contribution in [3.63, 3.8) is 0 Å². The Morgan fingerprint density at radius 2 is 1.71 bits per heavy atom. The van der Waals surface area contributed by atoms with Gasteiger partial charge in [0.2, 0.25) is 0 Å². The van der Waals surface area contributed by atoms with Gasteiger partial charge in [-0.3, -0.25) is 0 Å². The molecule has 0 atom stereocenters. The Morgan fingerprint density at radius 3 is 2.52 bits per heavy atom. The number of rotatable bonds is 5. The lowest BCUT2D eigenvalue weighted by Gasteiger charge is -2.12. The van der Waals surface area contributed by atoms with Gasteiger partial charge in [0.15, 0.2) is 0 Å². The molecular weight excluding hydrogens is 391 g/mol. The van der Waals surface area contributed by atoms with E-state index in [0.717, 1.165) is 33.1 Å². The Hall–Kier alpha value is -3.86. The molecule has 31 heavy (non-hydrogen) atoms. The molecule has 3 aromatic carbocycles. The van der Waals surface area contributed by atoms with Crippen molar-refractivity contribution in [2.45, 2.75) is 13.5 Å². The number of carbonyl (C=O) groups excluding carboxylic acids is 1. The summed E-state index contributed by atoms with van der Waals surface area (Å²) < 4.78 is 22.7. The third-order valence-electron chi connectivity index (χ3n) is 5.56. The van der Waals surface area contributed by atoms with Gasteiger partial charge in [-0.25, -0.2) is 9.18 Å². The van der Waals surface area contributed by atoms with Crippen LogP contribution in [-0.2, 0) is 11.3 Å². The number of benzene rings is 3. The van der Waals surface area contributed by atoms with Crippen molar-refractivity contribution in [1.29, 1.82) is 0 Å². The van der Waals surface area contributed by atoms with Crippen molar-refractivity contribution in [3.8, 4) is 5.69 Å². The first-order valence-corrected chi connectivity index (χ1v) is 10.3. The lowest BCUT2D eigenvalue weighted by molar-refractivity contribution is 0.0515. The van der Waals surface area contributed by atoms with Crippen LogP contribution < -0.4 is 0 Å². The van der Waals surface area contributed by atoms with Crippen LogP contribution in [-0.4, -0.2) is 21.7 Å². The van der Waals surface area contributed by atoms with Crippen LogP contribution in [0.3, 0.4) is 0 Å². The van der Waals surface area contributed by atoms with Gasteiger partial charge < -0.3 is 13.9 Å². The number of halogens is 1. The van der Waals surface area contributed by atoms with Gasteiger partial charge in [-0.2, -0.15) is 0 Å². The summed E-state index contributed by atoms with van der Waals surface area (Å²) >= 11 is 0. The summed E-state index contributed by atoms with van der Waals surface area (Å²) in [6, 6.07) is 24.6. The van der Waals surface area contributed by atoms with Crippen molar-refractivity contribution in [3.05, 3.63) is 102 Å². The number of hydrogen-bond donors (Lipinski definition) is 0. The van der Waals surface area contributed by atoms with E-state index < -0.39 is 0 Å². The Labute approximate surface area is 179 Å². The number of carbonyl (C=O) groups is 1. The lowest BCUT2D eigenvalue weighted by atomic mass is 10.0. The average Bonchev–Trinajstić information content (AvgIpc) is 3.35. The Morgan fingerprint density at radius 1 is 0.935 bits per heavy atom. The molecule has 5 aromatic rings. The maximum absolute atomic E-state index is 13.4. The molecule has 154 valence electrons. The van der Waals surface area contributed by atoms with E-state index in [1.807, 2.05) is 45.7 Å². The van der Waals surface area contributed by atoms with Gasteiger partial charge in [-0.15, -0.1) is 0 Å². The normalized spacial score (nSPS) is 11.3. The molecule has 0 aliphatic heterocycles. The zero-order valence-corrected chi connectivity index (χ0v) is 17.1. The molecule has 0 bridgehead atoms. The van der Waals surface area contributed by atoms with Gasteiger partial charge >= 0.3 is 5.97 Å². The fourth-order valence-electron chi connectivity index (χ4n) is 4.12. The van der Waals surface area contributed by atoms with Gasteiger partial charge in [0.25, 0.3) is 0 Å². The Balaban J connectivity index is 1.67. The van der Waals surface area contributed by atoms with Gasteiger partial charge in [0, 0.05) is 18.4 Å². The minimum Gasteiger partial charge on any atom is -0.461 e. The van der Waals surface area contributed by atoms with Crippen molar-refractivity contribution < 1.29 is 13.9 Å². The SMILES string of the molecule is CCOC(=O)c1cc2c(ccn2-c2ccc(F)cc2)n1Cc1cccc2ccccc12. The highest BCUT2D eigenvalue weighted by atomic mass is 19.1. The largest absolute Gasteiger partial charge is 0.461 e. The monoisotopic (exact) mass is 412 g/mol. The molecule has 0 saturated heterocycles. The number of fused-ring (bicyclic) bond motifs is 2. The molecule has 0 unspecified atom stereocenters. The summed E-state index contributed by atoms with van der Waals surface area (Å²) in [6.07, 6.45) is 1.94. The molecule has 0 fully saturated rings. The van der Waals surface area contributed by atoms with Crippen molar-refractivity contribution in [2.75, 3.05) is 6.61 Å². The van der Waals surface area contributed by atoms with Crippen LogP contribution in [0.4, 0.5) is 4.39 Å². The summed E-state index contributed by atoms with van der Waals surface area (Å²) in [5.74, 6) is -0.641. The van der Waals surface area contributed by atoms with E-state index in [1.165, 1.54) is 12.1 Å². The van der Waals surface area contributed by atoms with E-state index in [4.69, 9.17) is 4.74 Å². The molecule has 0 N–H and O–H groups in total. The highest BCUT2D eigenvalue weighted by molar-refractivity contribution is 5.96. The summed E-state index contributed by atoms with van der Waals surface area (Å²) in [7, 11) is 0. The number of esters is 1. The van der Waals surface area contributed by atoms with Crippen LogP contribution >= 0.6 is 0 Å². The second kappa shape index (κ2) is 7.76. The van der Waals surface area contributed by atoms with E-state index in [1.54, 1.807) is 19.1 Å². The predicted molar refractivity (Wildman–Crippen MR) is 120 cm³/mol. The molecule has 0 saturated carbocycles. The number of ether oxygens (including phenoxy) is 1. The molecule has 4 nitrogen and oxygen atoms in total. The van der Waals surface area contributed by atoms with Gasteiger partial charge in [0.05, 0.1) is 17.6 Å². The average molecular weight is 412 g/mol. The first-order chi connectivity index (χ1) is 15.2. The molecule has 0 aliphatic rings. The van der Waals surface area contributed by atoms with Crippen LogP contribution in [0.25, 0.3) is 27.5 Å². The molecule has 0 radical (unpaired) electrons. The van der Waals surface area contributed by atoms with Crippen molar-refractivity contribution in [2.24, 2.45) is 0 Å². The second-order valence-corrected chi connectivity index (χ2v) is 7.41. The summed E-state index contributed by atoms with van der Waals surface area (Å²) in [6.45, 7) is 2.64. The minimum atomic E-state index is -0.357. The summed E-state index contributed by atoms with van der Waals surface area (Å²) in [5, 5.41) is 2.31. The van der Waals surface area contributed by atoms with E-state index >= 15 is 0 Å². The van der Waals surface area contributed by atoms with Crippen LogP contribution in [0.15, 0.2) is 85.1 Å². The molecule has 5 heteroatoms. The Kier molecular flexibility index (Phi) is 4.79. The highest BCUT2D eigenvalue weighted by Gasteiger charge is 2.20. The zero-order valence-electron chi connectivity index (χ0n) is 17.1. The molecule has 0 spiro atoms. The second-order valence-electron chi connectivity index (χ2n) is 7.41. The van der Waals surface area contributed by atoms with Crippen LogP contribution in [0.1, 0.15) is 23.0 Å². The minimum absolute atomic E-state index is 0.284. The number of hydrogen-bond acceptors (Lipinski definition) is 2. The van der Waals surface area contributed by atoms with E-state index in [9.17, 15) is 9.18 Å². The van der Waals surface area contributed by atoms with Gasteiger partial charge in [-0.05, 0) is 59.7 Å². The molecule has 2 aromatic heterocycles. The van der Waals surface area contributed by atoms with Crippen molar-refractivity contribution in [1.82, 2.24) is 9.13 Å². The lowest BCUT2D eigenvalue weighted by Crippen LogP contribution is -2.13. The Bertz CT molecular complexity index is 1390. The molecule has 0 aliphatic carbocycles. The van der Waals surface area contributed by atoms with Crippen LogP contribution in [0.5, 0.6) is 0 Å². The van der Waals surface area contributed by atoms with Gasteiger partial charge in [-0.1, -0.05) is 42.5 Å². The maximum Gasteiger partial charge on any atom is 0.355 e. The molecule has 5 rings (SSSR count). The standard InChI is InChI=1S/C26H21FN2O2/c1-2-31-26(30)25-16-24-23(14-15-28(24)21-12-10-20(27)11-13-21)29(25)17-19-8-5-7-18-6-3-4-9-22(18)19/h3-16H,2,17H2,1H3. The molecule has 0 amide bonds. The predicted octanol–water partition coefficient (Wildman–Crippen LogP) is 5.95. The first kappa shape index (κ1) is 19.1. The van der Waals surface area contributed by atoms with E-state index in [0.29, 0.717) is 18.8 Å². The van der Waals surface area contributed by atoms with Crippen LogP contribution in [0, 0.1) is 5.82 Å². The van der Waals surface area contributed by atoms with E-state index in [2.05, 4.69) is 24.3 Å². The fraction of sp³-hybridized carbons (Fsp3) is 0.115. The molecular formula is C26H21FN2O2. The number of nitrogens with zero attached hydrogens (tertiary/aromatic N) is 2. The van der Waals surface area contributed by atoms with Crippen molar-refractivity contribution >= 4 is 27.8 Å². The third-order valence-corrected chi connectivity index (χ3v) is 5.56. The third kappa shape index (κ3) is 3.38. The van der Waals surface area contributed by atoms with Gasteiger partial charge in [0.1, 0.15) is 11.5 Å². The zero-order chi connectivity index (χ0) is 21.4. The summed E-state index contributed by atoms with van der Waals surface area (Å²) in [4.78, 5) is 12.8. The maximum atomic E-state index is 13.4. The molecule has 2 heterocycles. The highest BCUT2D eigenvalue weighted by Crippen LogP contribution is 2.28. The quantitative estimate of drug-likeness (QED) is 0.335. The first-order valence-electron chi connectivity index (χ1n) is 10.3. The fourth-order valence-corrected chi connectivity index (χ4v) is 4.12. The van der Waals surface area contributed by atoms with E-state index in [-0.39, 0.29) is 11.8 Å². The van der Waals surface area contributed by atoms with Crippen LogP contribution in [0.2, 0.25) is 0 Å². The smallest absolute Gasteiger partial charge is 0.355 e. The number of aromatic nitrogens is 2.